The third-order valence-electron chi connectivity index (χ3n) is 2.39. The number of benzene rings is 2. The van der Waals surface area contributed by atoms with Crippen molar-refractivity contribution in [2.45, 2.75) is 0 Å². The molecule has 74 valence electrons. The average Bonchev–Trinajstić information content (AvgIpc) is 2.30. The molecule has 0 aliphatic heterocycles. The van der Waals surface area contributed by atoms with E-state index in [1.807, 2.05) is 28.4 Å². The minimum atomic E-state index is 0.960. The van der Waals surface area contributed by atoms with E-state index in [0.29, 0.717) is 0 Å². The van der Waals surface area contributed by atoms with E-state index < -0.39 is 0 Å². The molecule has 2 rings (SSSR count). The molecule has 0 bridgehead atoms. The van der Waals surface area contributed by atoms with Crippen LogP contribution in [0, 0.1) is 5.41 Å². The number of rotatable bonds is 2. The molecular formula is C13H10IN. The van der Waals surface area contributed by atoms with Crippen molar-refractivity contribution < 1.29 is 0 Å². The summed E-state index contributed by atoms with van der Waals surface area (Å²) < 4.78 is 1.98. The maximum Gasteiger partial charge on any atom is 0.0256 e. The van der Waals surface area contributed by atoms with Gasteiger partial charge in [-0.15, -0.1) is 0 Å². The van der Waals surface area contributed by atoms with Gasteiger partial charge in [-0.25, -0.2) is 0 Å². The van der Waals surface area contributed by atoms with Gasteiger partial charge in [-0.1, -0.05) is 59.0 Å². The normalized spacial score (nSPS) is 11.0. The maximum absolute atomic E-state index is 7.38. The molecule has 0 heterocycles. The first-order valence-electron chi connectivity index (χ1n) is 4.66. The van der Waals surface area contributed by atoms with Crippen LogP contribution < -0.4 is 0 Å². The van der Waals surface area contributed by atoms with Crippen molar-refractivity contribution in [1.29, 1.82) is 5.41 Å². The Bertz CT molecular complexity index is 529. The van der Waals surface area contributed by atoms with E-state index in [9.17, 15) is 0 Å². The first-order chi connectivity index (χ1) is 7.36. The summed E-state index contributed by atoms with van der Waals surface area (Å²) in [5, 5.41) is 9.79. The Balaban J connectivity index is 2.84. The van der Waals surface area contributed by atoms with Crippen LogP contribution in [0.2, 0.25) is 0 Å². The van der Waals surface area contributed by atoms with Crippen LogP contribution in [0.5, 0.6) is 0 Å². The molecule has 0 amide bonds. The van der Waals surface area contributed by atoms with Crippen LogP contribution in [-0.4, -0.2) is 6.21 Å². The highest BCUT2D eigenvalue weighted by Gasteiger charge is 2.01. The second kappa shape index (κ2) is 4.57. The van der Waals surface area contributed by atoms with Crippen molar-refractivity contribution in [2.24, 2.45) is 0 Å². The van der Waals surface area contributed by atoms with Crippen molar-refractivity contribution in [3.8, 4) is 0 Å². The van der Waals surface area contributed by atoms with Gasteiger partial charge in [0.2, 0.25) is 0 Å². The van der Waals surface area contributed by atoms with E-state index >= 15 is 0 Å². The first-order valence-corrected chi connectivity index (χ1v) is 5.90. The van der Waals surface area contributed by atoms with Gasteiger partial charge in [-0.3, -0.25) is 0 Å². The molecule has 0 unspecified atom stereocenters. The number of hydrogen-bond acceptors (Lipinski definition) is 1. The monoisotopic (exact) mass is 307 g/mol. The molecule has 0 spiro atoms. The van der Waals surface area contributed by atoms with Gasteiger partial charge in [0.15, 0.2) is 0 Å². The number of hydrogen-bond donors (Lipinski definition) is 1. The van der Waals surface area contributed by atoms with Crippen LogP contribution >= 0.6 is 22.6 Å². The fraction of sp³-hybridized carbons (Fsp3) is 0. The Hall–Kier alpha value is -1.16. The van der Waals surface area contributed by atoms with E-state index in [-0.39, 0.29) is 0 Å². The number of halogens is 1. The summed E-state index contributed by atoms with van der Waals surface area (Å²) >= 11 is 2.20. The summed E-state index contributed by atoms with van der Waals surface area (Å²) in [6.07, 6.45) is 3.45. The lowest BCUT2D eigenvalue weighted by atomic mass is 9.99. The molecule has 2 aromatic rings. The molecule has 0 saturated carbocycles. The van der Waals surface area contributed by atoms with Crippen molar-refractivity contribution in [2.75, 3.05) is 0 Å². The quantitative estimate of drug-likeness (QED) is 0.634. The van der Waals surface area contributed by atoms with Gasteiger partial charge in [0.1, 0.15) is 0 Å². The van der Waals surface area contributed by atoms with E-state index in [1.165, 1.54) is 17.0 Å². The fourth-order valence-electron chi connectivity index (χ4n) is 1.69. The largest absolute Gasteiger partial charge is 0.308 e. The second-order valence-corrected chi connectivity index (χ2v) is 3.95. The molecule has 0 aliphatic carbocycles. The first kappa shape index (κ1) is 10.4. The van der Waals surface area contributed by atoms with Gasteiger partial charge in [0, 0.05) is 6.21 Å². The fourth-order valence-corrected chi connectivity index (χ4v) is 2.05. The summed E-state index contributed by atoms with van der Waals surface area (Å²) in [6.45, 7) is 0. The van der Waals surface area contributed by atoms with E-state index in [0.717, 1.165) is 11.1 Å². The van der Waals surface area contributed by atoms with E-state index in [1.54, 1.807) is 0 Å². The Kier molecular flexibility index (Phi) is 3.16. The van der Waals surface area contributed by atoms with Gasteiger partial charge in [0.25, 0.3) is 0 Å². The summed E-state index contributed by atoms with van der Waals surface area (Å²) in [5.41, 5.74) is 2.08. The smallest absolute Gasteiger partial charge is 0.0256 e. The summed E-state index contributed by atoms with van der Waals surface area (Å²) in [4.78, 5) is 0. The lowest BCUT2D eigenvalue weighted by molar-refractivity contribution is 1.54. The third-order valence-corrected chi connectivity index (χ3v) is 2.75. The van der Waals surface area contributed by atoms with Crippen LogP contribution in [0.15, 0.2) is 40.5 Å². The third kappa shape index (κ3) is 1.95. The van der Waals surface area contributed by atoms with Crippen molar-refractivity contribution in [3.63, 3.8) is 0 Å². The van der Waals surface area contributed by atoms with Crippen molar-refractivity contribution in [1.82, 2.24) is 0 Å². The standard InChI is InChI=1S/C13H10IN/c14-8-7-13-11(9-15)6-5-10-3-1-2-4-12(10)13/h1-9,15H/b8-7-,15-9?. The van der Waals surface area contributed by atoms with Crippen LogP contribution in [0.1, 0.15) is 11.1 Å². The maximum atomic E-state index is 7.38. The molecule has 0 saturated heterocycles. The Labute approximate surface area is 102 Å². The predicted molar refractivity (Wildman–Crippen MR) is 74.9 cm³/mol. The molecule has 0 aliphatic rings. The highest BCUT2D eigenvalue weighted by molar-refractivity contribution is 14.1. The zero-order chi connectivity index (χ0) is 10.7. The molecule has 0 radical (unpaired) electrons. The molecule has 15 heavy (non-hydrogen) atoms. The predicted octanol–water partition coefficient (Wildman–Crippen LogP) is 4.24. The zero-order valence-electron chi connectivity index (χ0n) is 8.07. The summed E-state index contributed by atoms with van der Waals surface area (Å²) in [5.74, 6) is 0. The second-order valence-electron chi connectivity index (χ2n) is 3.23. The highest BCUT2D eigenvalue weighted by atomic mass is 127. The van der Waals surface area contributed by atoms with Gasteiger partial charge < -0.3 is 5.41 Å². The number of nitrogens with one attached hydrogen (secondary N) is 1. The summed E-state index contributed by atoms with van der Waals surface area (Å²) in [6, 6.07) is 12.3. The average molecular weight is 307 g/mol. The minimum Gasteiger partial charge on any atom is -0.308 e. The molecule has 2 heteroatoms. The Morgan fingerprint density at radius 1 is 1.07 bits per heavy atom. The van der Waals surface area contributed by atoms with Crippen LogP contribution in [0.4, 0.5) is 0 Å². The van der Waals surface area contributed by atoms with Crippen LogP contribution in [0.25, 0.3) is 16.8 Å². The Morgan fingerprint density at radius 2 is 1.87 bits per heavy atom. The van der Waals surface area contributed by atoms with E-state index in [2.05, 4.69) is 40.8 Å². The van der Waals surface area contributed by atoms with Crippen molar-refractivity contribution >= 4 is 45.7 Å². The van der Waals surface area contributed by atoms with Gasteiger partial charge in [-0.05, 0) is 32.1 Å². The van der Waals surface area contributed by atoms with Crippen LogP contribution in [-0.2, 0) is 0 Å². The molecule has 2 aromatic carbocycles. The van der Waals surface area contributed by atoms with Gasteiger partial charge >= 0.3 is 0 Å². The lowest BCUT2D eigenvalue weighted by Crippen LogP contribution is -1.87. The van der Waals surface area contributed by atoms with Gasteiger partial charge in [0.05, 0.1) is 0 Å². The zero-order valence-corrected chi connectivity index (χ0v) is 10.2. The lowest BCUT2D eigenvalue weighted by Gasteiger charge is -2.05. The molecule has 1 N–H and O–H groups in total. The molecule has 0 fully saturated rings. The molecular weight excluding hydrogens is 297 g/mol. The minimum absolute atomic E-state index is 0.960. The topological polar surface area (TPSA) is 23.9 Å². The Morgan fingerprint density at radius 3 is 2.60 bits per heavy atom. The van der Waals surface area contributed by atoms with E-state index in [4.69, 9.17) is 5.41 Å². The van der Waals surface area contributed by atoms with Crippen LogP contribution in [0.3, 0.4) is 0 Å². The summed E-state index contributed by atoms with van der Waals surface area (Å²) in [7, 11) is 0. The molecule has 0 atom stereocenters. The van der Waals surface area contributed by atoms with Crippen molar-refractivity contribution in [3.05, 3.63) is 51.6 Å². The molecule has 1 nitrogen and oxygen atoms in total. The SMILES string of the molecule is N=Cc1ccc2ccccc2c1/C=C\I. The van der Waals surface area contributed by atoms with Gasteiger partial charge in [-0.2, -0.15) is 0 Å². The molecule has 0 aromatic heterocycles. The highest BCUT2D eigenvalue weighted by Crippen LogP contribution is 2.23. The number of fused-ring (bicyclic) bond motifs is 1.